The normalized spacial score (nSPS) is 14.4. The van der Waals surface area contributed by atoms with E-state index < -0.39 is 12.0 Å². The molecule has 1 aromatic heterocycles. The van der Waals surface area contributed by atoms with E-state index in [9.17, 15) is 9.59 Å². The Labute approximate surface area is 297 Å². The van der Waals surface area contributed by atoms with E-state index in [4.69, 9.17) is 28.7 Å². The van der Waals surface area contributed by atoms with E-state index in [0.29, 0.717) is 62.4 Å². The smallest absolute Gasteiger partial charge is 0.338 e. The van der Waals surface area contributed by atoms with Gasteiger partial charge in [-0.15, -0.1) is 0 Å². The van der Waals surface area contributed by atoms with E-state index in [2.05, 4.69) is 28.7 Å². The summed E-state index contributed by atoms with van der Waals surface area (Å²) in [5.41, 5.74) is 4.14. The zero-order valence-corrected chi connectivity index (χ0v) is 31.1. The molecule has 1 atom stereocenters. The first-order valence-electron chi connectivity index (χ1n) is 15.7. The number of carbonyl (C=O) groups excluding carboxylic acids is 1. The van der Waals surface area contributed by atoms with Gasteiger partial charge in [0, 0.05) is 0 Å². The molecule has 0 unspecified atom stereocenters. The molecule has 0 bridgehead atoms. The van der Waals surface area contributed by atoms with Crippen LogP contribution < -0.4 is 33.8 Å². The Morgan fingerprint density at radius 3 is 2.50 bits per heavy atom. The highest BCUT2D eigenvalue weighted by atomic mass is 127. The molecule has 0 fully saturated rings. The molecule has 1 aliphatic heterocycles. The number of rotatable bonds is 12. The summed E-state index contributed by atoms with van der Waals surface area (Å²) in [5, 5.41) is 0. The number of carbonyl (C=O) groups is 1. The number of benzene rings is 3. The number of fused-ring (bicyclic) bond motifs is 1. The first-order valence-corrected chi connectivity index (χ1v) is 17.6. The fourth-order valence-corrected chi connectivity index (χ4v) is 7.32. The van der Waals surface area contributed by atoms with Crippen molar-refractivity contribution < 1.29 is 28.5 Å². The molecule has 3 aromatic carbocycles. The molecule has 2 heterocycles. The molecule has 0 radical (unpaired) electrons. The van der Waals surface area contributed by atoms with Crippen molar-refractivity contribution >= 4 is 46.0 Å². The molecule has 4 aromatic rings. The van der Waals surface area contributed by atoms with Crippen LogP contribution in [-0.2, 0) is 16.1 Å². The van der Waals surface area contributed by atoms with Crippen LogP contribution in [0.25, 0.3) is 6.08 Å². The van der Waals surface area contributed by atoms with Crippen LogP contribution in [0.3, 0.4) is 0 Å². The van der Waals surface area contributed by atoms with Crippen molar-refractivity contribution in [2.75, 3.05) is 20.3 Å². The summed E-state index contributed by atoms with van der Waals surface area (Å²) in [7, 11) is 1.56. The number of nitrogens with zero attached hydrogens (tertiary/aromatic N) is 2. The van der Waals surface area contributed by atoms with Gasteiger partial charge in [0.25, 0.3) is 5.56 Å². The lowest BCUT2D eigenvalue weighted by Crippen LogP contribution is -2.40. The van der Waals surface area contributed by atoms with Gasteiger partial charge in [-0.1, -0.05) is 47.2 Å². The molecule has 1 aliphatic rings. The minimum Gasteiger partial charge on any atom is -0.493 e. The molecule has 11 heteroatoms. The summed E-state index contributed by atoms with van der Waals surface area (Å²) in [6.07, 6.45) is 1.75. The van der Waals surface area contributed by atoms with Gasteiger partial charge in [0.05, 0.1) is 51.8 Å². The second-order valence-electron chi connectivity index (χ2n) is 11.4. The topological polar surface area (TPSA) is 97.6 Å². The summed E-state index contributed by atoms with van der Waals surface area (Å²) in [4.78, 5) is 32.8. The van der Waals surface area contributed by atoms with Crippen LogP contribution in [0, 0.1) is 10.5 Å². The number of halogens is 1. The maximum absolute atomic E-state index is 14.2. The molecule has 9 nitrogen and oxygen atoms in total. The van der Waals surface area contributed by atoms with Crippen LogP contribution in [0.15, 0.2) is 75.7 Å². The Balaban J connectivity index is 1.61. The lowest BCUT2D eigenvalue weighted by molar-refractivity contribution is -0.139. The third-order valence-electron chi connectivity index (χ3n) is 7.48. The van der Waals surface area contributed by atoms with Crippen LogP contribution in [0.5, 0.6) is 23.0 Å². The predicted octanol–water partition coefficient (Wildman–Crippen LogP) is 6.48. The average molecular weight is 783 g/mol. The van der Waals surface area contributed by atoms with E-state index in [1.807, 2.05) is 70.2 Å². The summed E-state index contributed by atoms with van der Waals surface area (Å²) < 4.78 is 32.1. The second kappa shape index (κ2) is 15.4. The number of methoxy groups -OCH3 is 1. The maximum atomic E-state index is 14.2. The third-order valence-corrected chi connectivity index (χ3v) is 9.26. The molecule has 0 saturated carbocycles. The molecule has 0 spiro atoms. The Morgan fingerprint density at radius 2 is 1.81 bits per heavy atom. The number of thiazole rings is 1. The van der Waals surface area contributed by atoms with Crippen LogP contribution >= 0.6 is 33.9 Å². The number of ether oxygens (including phenoxy) is 5. The van der Waals surface area contributed by atoms with Gasteiger partial charge in [-0.3, -0.25) is 9.36 Å². The van der Waals surface area contributed by atoms with E-state index in [1.165, 1.54) is 11.3 Å². The van der Waals surface area contributed by atoms with Gasteiger partial charge in [0.15, 0.2) is 27.8 Å². The number of esters is 1. The number of hydrogen-bond donors (Lipinski definition) is 0. The van der Waals surface area contributed by atoms with E-state index >= 15 is 0 Å². The van der Waals surface area contributed by atoms with Gasteiger partial charge in [0.2, 0.25) is 0 Å². The highest BCUT2D eigenvalue weighted by Gasteiger charge is 2.34. The van der Waals surface area contributed by atoms with Crippen molar-refractivity contribution in [2.45, 2.75) is 60.3 Å². The van der Waals surface area contributed by atoms with Gasteiger partial charge in [-0.05, 0) is 111 Å². The molecule has 0 saturated heterocycles. The zero-order valence-electron chi connectivity index (χ0n) is 28.1. The van der Waals surface area contributed by atoms with Gasteiger partial charge in [-0.2, -0.15) is 0 Å². The summed E-state index contributed by atoms with van der Waals surface area (Å²) in [5.74, 6) is 1.75. The Morgan fingerprint density at radius 1 is 1.02 bits per heavy atom. The number of allylic oxidation sites excluding steroid dienone is 1. The quantitative estimate of drug-likeness (QED) is 0.120. The van der Waals surface area contributed by atoms with Crippen molar-refractivity contribution in [3.05, 3.63) is 111 Å². The number of aryl methyl sites for hydroxylation is 1. The van der Waals surface area contributed by atoms with Crippen molar-refractivity contribution in [3.8, 4) is 23.0 Å². The molecule has 0 aliphatic carbocycles. The fraction of sp³-hybridized carbons (Fsp3) is 0.324. The summed E-state index contributed by atoms with van der Waals surface area (Å²) >= 11 is 3.49. The highest BCUT2D eigenvalue weighted by Crippen LogP contribution is 2.37. The van der Waals surface area contributed by atoms with Crippen molar-refractivity contribution in [3.63, 3.8) is 0 Å². The Kier molecular flexibility index (Phi) is 11.3. The molecule has 252 valence electrons. The Bertz CT molecular complexity index is 2050. The summed E-state index contributed by atoms with van der Waals surface area (Å²) in [6, 6.07) is 16.6. The molecule has 48 heavy (non-hydrogen) atoms. The number of aromatic nitrogens is 1. The van der Waals surface area contributed by atoms with Crippen molar-refractivity contribution in [1.29, 1.82) is 0 Å². The van der Waals surface area contributed by atoms with Crippen LogP contribution in [0.1, 0.15) is 62.9 Å². The minimum atomic E-state index is -0.791. The van der Waals surface area contributed by atoms with Crippen LogP contribution in [0.4, 0.5) is 0 Å². The van der Waals surface area contributed by atoms with Crippen molar-refractivity contribution in [2.24, 2.45) is 4.99 Å². The fourth-order valence-electron chi connectivity index (χ4n) is 5.50. The van der Waals surface area contributed by atoms with Crippen molar-refractivity contribution in [1.82, 2.24) is 4.57 Å². The average Bonchev–Trinajstić information content (AvgIpc) is 3.33. The predicted molar refractivity (Wildman–Crippen MR) is 195 cm³/mol. The zero-order chi connectivity index (χ0) is 34.5. The lowest BCUT2D eigenvalue weighted by Gasteiger charge is -2.25. The van der Waals surface area contributed by atoms with Gasteiger partial charge >= 0.3 is 5.97 Å². The molecule has 0 N–H and O–H groups in total. The summed E-state index contributed by atoms with van der Waals surface area (Å²) in [6.45, 7) is 12.4. The van der Waals surface area contributed by atoms with E-state index in [1.54, 1.807) is 37.7 Å². The third kappa shape index (κ3) is 7.62. The largest absolute Gasteiger partial charge is 0.493 e. The van der Waals surface area contributed by atoms with Crippen LogP contribution in [-0.4, -0.2) is 37.0 Å². The molecular weight excluding hydrogens is 743 g/mol. The molecule has 0 amide bonds. The molecule has 5 rings (SSSR count). The first kappa shape index (κ1) is 35.2. The standard InChI is InChI=1S/C37H39IN2O7S/c1-8-44-30-17-25(16-27(38)34(30)46-20-24-12-10-11-22(5)15-24)18-31-35(41)40-33(26-13-14-28(47-21(3)4)29(19-26)43-7)32(36(42)45-9-2)23(6)39-37(40)48-31/h10-19,21,33H,8-9,20H2,1-7H3/b31-18-/t33-/m1/s1. The SMILES string of the molecule is CCOC(=O)C1=C(C)N=c2s/c(=C\c3cc(I)c(OCc4cccc(C)c4)c(OCC)c3)c(=O)n2[C@@H]1c1ccc(OC(C)C)c(OC)c1. The maximum Gasteiger partial charge on any atom is 0.338 e. The highest BCUT2D eigenvalue weighted by molar-refractivity contribution is 14.1. The Hall–Kier alpha value is -4.10. The lowest BCUT2D eigenvalue weighted by atomic mass is 9.95. The van der Waals surface area contributed by atoms with E-state index in [-0.39, 0.29) is 18.3 Å². The van der Waals surface area contributed by atoms with Gasteiger partial charge in [-0.25, -0.2) is 9.79 Å². The molecular formula is C37H39IN2O7S. The van der Waals surface area contributed by atoms with E-state index in [0.717, 1.165) is 20.3 Å². The van der Waals surface area contributed by atoms with Crippen LogP contribution in [0.2, 0.25) is 0 Å². The number of hydrogen-bond acceptors (Lipinski definition) is 9. The second-order valence-corrected chi connectivity index (χ2v) is 13.6. The van der Waals surface area contributed by atoms with Gasteiger partial charge < -0.3 is 23.7 Å². The van der Waals surface area contributed by atoms with Gasteiger partial charge in [0.1, 0.15) is 6.61 Å². The minimum absolute atomic E-state index is 0.0697. The monoisotopic (exact) mass is 782 g/mol. The first-order chi connectivity index (χ1) is 23.0.